The van der Waals surface area contributed by atoms with Gasteiger partial charge in [-0.2, -0.15) is 10.2 Å². The second-order valence-electron chi connectivity index (χ2n) is 4.95. The first-order valence-corrected chi connectivity index (χ1v) is 5.76. The van der Waals surface area contributed by atoms with Crippen molar-refractivity contribution in [1.29, 1.82) is 0 Å². The molecule has 5 nitrogen and oxygen atoms in total. The first-order chi connectivity index (χ1) is 8.40. The van der Waals surface area contributed by atoms with Crippen molar-refractivity contribution in [3.8, 4) is 0 Å². The third-order valence-electron chi connectivity index (χ3n) is 3.15. The summed E-state index contributed by atoms with van der Waals surface area (Å²) in [5, 5.41) is 10.4. The van der Waals surface area contributed by atoms with E-state index in [4.69, 9.17) is 0 Å². The number of halogens is 2. The molecule has 1 fully saturated rings. The van der Waals surface area contributed by atoms with Crippen LogP contribution in [-0.2, 0) is 0 Å². The summed E-state index contributed by atoms with van der Waals surface area (Å²) in [5.41, 5.74) is 0.119. The van der Waals surface area contributed by atoms with Crippen LogP contribution in [0.25, 0.3) is 5.52 Å². The molecule has 0 saturated heterocycles. The fourth-order valence-corrected chi connectivity index (χ4v) is 2.03. The average molecular weight is 254 g/mol. The lowest BCUT2D eigenvalue weighted by atomic mass is 10.2. The summed E-state index contributed by atoms with van der Waals surface area (Å²) >= 11 is 0. The zero-order valence-electron chi connectivity index (χ0n) is 9.94. The molecule has 1 saturated carbocycles. The molecule has 2 aromatic heterocycles. The molecule has 1 aliphatic carbocycles. The van der Waals surface area contributed by atoms with E-state index >= 15 is 0 Å². The lowest BCUT2D eigenvalue weighted by Crippen LogP contribution is -2.17. The first-order valence-electron chi connectivity index (χ1n) is 5.76. The number of alkyl halides is 2. The van der Waals surface area contributed by atoms with Crippen molar-refractivity contribution in [2.75, 3.05) is 0 Å². The van der Waals surface area contributed by atoms with E-state index in [-0.39, 0.29) is 23.5 Å². The quantitative estimate of drug-likeness (QED) is 0.886. The molecule has 0 radical (unpaired) electrons. The van der Waals surface area contributed by atoms with Gasteiger partial charge in [-0.05, 0) is 6.07 Å². The van der Waals surface area contributed by atoms with Gasteiger partial charge in [-0.1, -0.05) is 13.8 Å². The van der Waals surface area contributed by atoms with Crippen LogP contribution in [-0.4, -0.2) is 25.7 Å². The van der Waals surface area contributed by atoms with E-state index in [0.29, 0.717) is 5.82 Å². The Bertz CT molecular complexity index is 673. The largest absolute Gasteiger partial charge is 0.290 e. The Hall–Kier alpha value is -1.79. The fraction of sp³-hybridized carbons (Fsp3) is 0.545. The van der Waals surface area contributed by atoms with Crippen LogP contribution in [0.3, 0.4) is 0 Å². The zero-order valence-corrected chi connectivity index (χ0v) is 9.94. The monoisotopic (exact) mass is 254 g/mol. The summed E-state index contributed by atoms with van der Waals surface area (Å²) in [6.07, 6.45) is -0.195. The lowest BCUT2D eigenvalue weighted by Gasteiger charge is -2.04. The van der Waals surface area contributed by atoms with Crippen molar-refractivity contribution in [3.63, 3.8) is 0 Å². The molecule has 0 aliphatic heterocycles. The average Bonchev–Trinajstić information content (AvgIpc) is 2.74. The molecule has 0 aromatic carbocycles. The first kappa shape index (κ1) is 11.3. The zero-order chi connectivity index (χ0) is 13.1. The molecular formula is C11H12F2N4O. The van der Waals surface area contributed by atoms with Gasteiger partial charge in [0.2, 0.25) is 0 Å². The summed E-state index contributed by atoms with van der Waals surface area (Å²) in [5.74, 6) is -2.95. The summed E-state index contributed by atoms with van der Waals surface area (Å²) in [6, 6.07) is 1.43. The van der Waals surface area contributed by atoms with E-state index < -0.39 is 17.4 Å². The highest BCUT2D eigenvalue weighted by Gasteiger charge is 2.59. The summed E-state index contributed by atoms with van der Waals surface area (Å²) in [7, 11) is 0. The smallest absolute Gasteiger partial charge is 0.266 e. The molecule has 1 N–H and O–H groups in total. The van der Waals surface area contributed by atoms with Gasteiger partial charge in [-0.15, -0.1) is 0 Å². The van der Waals surface area contributed by atoms with Crippen molar-refractivity contribution < 1.29 is 8.78 Å². The van der Waals surface area contributed by atoms with Gasteiger partial charge in [0, 0.05) is 12.3 Å². The summed E-state index contributed by atoms with van der Waals surface area (Å²) in [4.78, 5) is 11.6. The molecule has 7 heteroatoms. The van der Waals surface area contributed by atoms with Crippen LogP contribution >= 0.6 is 0 Å². The third kappa shape index (κ3) is 1.53. The van der Waals surface area contributed by atoms with Crippen molar-refractivity contribution in [2.45, 2.75) is 38.0 Å². The van der Waals surface area contributed by atoms with Crippen molar-refractivity contribution in [2.24, 2.45) is 0 Å². The molecule has 2 aromatic rings. The number of aromatic nitrogens is 4. The van der Waals surface area contributed by atoms with Gasteiger partial charge in [0.05, 0.1) is 11.6 Å². The standard InChI is InChI=1S/C11H12F2N4O/c1-5(2)9-14-15-10(18)8-3-7(16-17(8)9)6-4-11(6,12)13/h3,5-6H,4H2,1-2H3,(H,15,18). The van der Waals surface area contributed by atoms with Gasteiger partial charge in [-0.25, -0.2) is 18.4 Å². The normalized spacial score (nSPS) is 21.7. The van der Waals surface area contributed by atoms with Crippen LogP contribution in [0.2, 0.25) is 0 Å². The Morgan fingerprint density at radius 3 is 2.78 bits per heavy atom. The molecule has 3 rings (SSSR count). The van der Waals surface area contributed by atoms with E-state index in [1.54, 1.807) is 0 Å². The Morgan fingerprint density at radius 2 is 2.22 bits per heavy atom. The minimum absolute atomic E-state index is 0.0387. The topological polar surface area (TPSA) is 63.0 Å². The number of hydrogen-bond donors (Lipinski definition) is 1. The second-order valence-corrected chi connectivity index (χ2v) is 4.95. The molecule has 0 amide bonds. The van der Waals surface area contributed by atoms with Crippen LogP contribution in [0.4, 0.5) is 8.78 Å². The number of H-pyrrole nitrogens is 1. The Morgan fingerprint density at radius 1 is 1.56 bits per heavy atom. The fourth-order valence-electron chi connectivity index (χ4n) is 2.03. The highest BCUT2D eigenvalue weighted by Crippen LogP contribution is 2.55. The maximum atomic E-state index is 13.0. The predicted octanol–water partition coefficient (Wildman–Crippen LogP) is 1.66. The number of hydrogen-bond acceptors (Lipinski definition) is 3. The number of nitrogens with one attached hydrogen (secondary N) is 1. The highest BCUT2D eigenvalue weighted by molar-refractivity contribution is 5.47. The third-order valence-corrected chi connectivity index (χ3v) is 3.15. The van der Waals surface area contributed by atoms with Crippen molar-refractivity contribution in [3.05, 3.63) is 27.9 Å². The van der Waals surface area contributed by atoms with Gasteiger partial charge in [0.25, 0.3) is 11.5 Å². The summed E-state index contributed by atoms with van der Waals surface area (Å²) in [6.45, 7) is 3.79. The molecule has 1 atom stereocenters. The molecule has 18 heavy (non-hydrogen) atoms. The van der Waals surface area contributed by atoms with Gasteiger partial charge in [-0.3, -0.25) is 4.79 Å². The van der Waals surface area contributed by atoms with Crippen LogP contribution in [0, 0.1) is 0 Å². The molecule has 1 aliphatic rings. The van der Waals surface area contributed by atoms with E-state index in [0.717, 1.165) is 0 Å². The lowest BCUT2D eigenvalue weighted by molar-refractivity contribution is 0.111. The van der Waals surface area contributed by atoms with Crippen LogP contribution < -0.4 is 5.56 Å². The summed E-state index contributed by atoms with van der Waals surface area (Å²) < 4.78 is 27.4. The van der Waals surface area contributed by atoms with Gasteiger partial charge in [0.15, 0.2) is 5.82 Å². The Balaban J connectivity index is 2.19. The van der Waals surface area contributed by atoms with E-state index in [1.165, 1.54) is 10.6 Å². The van der Waals surface area contributed by atoms with E-state index in [2.05, 4.69) is 15.3 Å². The molecule has 2 heterocycles. The molecule has 1 unspecified atom stereocenters. The maximum Gasteiger partial charge on any atom is 0.290 e. The number of nitrogens with zero attached hydrogens (tertiary/aromatic N) is 3. The van der Waals surface area contributed by atoms with Gasteiger partial charge >= 0.3 is 0 Å². The second kappa shape index (κ2) is 3.37. The van der Waals surface area contributed by atoms with E-state index in [1.807, 2.05) is 13.8 Å². The highest BCUT2D eigenvalue weighted by atomic mass is 19.3. The van der Waals surface area contributed by atoms with Gasteiger partial charge < -0.3 is 0 Å². The SMILES string of the molecule is CC(C)c1n[nH]c(=O)c2cc(C3CC3(F)F)nn12. The Labute approximate surface area is 101 Å². The number of rotatable bonds is 2. The predicted molar refractivity (Wildman–Crippen MR) is 60.0 cm³/mol. The van der Waals surface area contributed by atoms with E-state index in [9.17, 15) is 13.6 Å². The molecule has 96 valence electrons. The molecule has 0 spiro atoms. The van der Waals surface area contributed by atoms with Crippen LogP contribution in [0.5, 0.6) is 0 Å². The minimum atomic E-state index is -2.68. The van der Waals surface area contributed by atoms with Crippen molar-refractivity contribution >= 4 is 5.52 Å². The van der Waals surface area contributed by atoms with Crippen LogP contribution in [0.1, 0.15) is 43.6 Å². The maximum absolute atomic E-state index is 13.0. The minimum Gasteiger partial charge on any atom is -0.266 e. The van der Waals surface area contributed by atoms with Gasteiger partial charge in [0.1, 0.15) is 5.52 Å². The molecular weight excluding hydrogens is 242 g/mol. The Kier molecular flexibility index (Phi) is 2.11. The van der Waals surface area contributed by atoms with Crippen molar-refractivity contribution in [1.82, 2.24) is 19.8 Å². The molecule has 0 bridgehead atoms. The number of fused-ring (bicyclic) bond motifs is 1. The van der Waals surface area contributed by atoms with Crippen LogP contribution in [0.15, 0.2) is 10.9 Å². The number of aromatic amines is 1.